The first kappa shape index (κ1) is 25.5. The van der Waals surface area contributed by atoms with Crippen molar-refractivity contribution < 1.29 is 14.4 Å². The summed E-state index contributed by atoms with van der Waals surface area (Å²) in [7, 11) is 0. The van der Waals surface area contributed by atoms with Gasteiger partial charge in [0.1, 0.15) is 0 Å². The van der Waals surface area contributed by atoms with E-state index in [4.69, 9.17) is 0 Å². The first-order chi connectivity index (χ1) is 19.9. The molecule has 1 saturated heterocycles. The van der Waals surface area contributed by atoms with Crippen LogP contribution in [0.4, 0.5) is 11.4 Å². The van der Waals surface area contributed by atoms with Gasteiger partial charge in [0.05, 0.1) is 17.0 Å². The second-order valence-corrected chi connectivity index (χ2v) is 11.6. The molecule has 4 aliphatic rings. The average Bonchev–Trinajstić information content (AvgIpc) is 3.22. The van der Waals surface area contributed by atoms with E-state index in [-0.39, 0.29) is 29.6 Å². The standard InChI is InChI=1S/C36H32N2O3/c1-4-21-12-10-13-22(5-2)32(21)37-33(39)23-14-11-15-24(20-23)38-34(40)31-29-25-16-6-8-18-27(25)30(36(31,3)35(38)41)28-19-9-7-17-26(28)29/h6-20,29-31H,4-5H2,1-3H3,(H,37,39)/t29?,30?,31-,36-/m0/s1. The Labute approximate surface area is 240 Å². The summed E-state index contributed by atoms with van der Waals surface area (Å²) < 4.78 is 0. The van der Waals surface area contributed by atoms with Crippen LogP contribution in [-0.2, 0) is 22.4 Å². The number of anilines is 2. The third kappa shape index (κ3) is 3.45. The van der Waals surface area contributed by atoms with Gasteiger partial charge in [0.25, 0.3) is 5.91 Å². The molecular weight excluding hydrogens is 508 g/mol. The van der Waals surface area contributed by atoms with Crippen LogP contribution in [0.3, 0.4) is 0 Å². The van der Waals surface area contributed by atoms with Crippen LogP contribution in [-0.4, -0.2) is 17.7 Å². The van der Waals surface area contributed by atoms with Crippen LogP contribution < -0.4 is 10.2 Å². The summed E-state index contributed by atoms with van der Waals surface area (Å²) in [4.78, 5) is 43.6. The lowest BCUT2D eigenvalue weighted by Crippen LogP contribution is -2.49. The highest BCUT2D eigenvalue weighted by Gasteiger charge is 2.68. The van der Waals surface area contributed by atoms with Crippen LogP contribution in [0, 0.1) is 11.3 Å². The zero-order valence-corrected chi connectivity index (χ0v) is 23.5. The number of benzene rings is 4. The first-order valence-electron chi connectivity index (χ1n) is 14.5. The SMILES string of the molecule is CCc1cccc(CC)c1NC(=O)c1cccc(N2C(=O)[C@@H]3C4c5ccccc5C(c5ccccc54)[C@]3(C)C2=O)c1. The van der Waals surface area contributed by atoms with Gasteiger partial charge in [-0.1, -0.05) is 86.6 Å². The van der Waals surface area contributed by atoms with Gasteiger partial charge in [-0.2, -0.15) is 0 Å². The van der Waals surface area contributed by atoms with E-state index >= 15 is 0 Å². The molecule has 4 aromatic carbocycles. The molecule has 3 aliphatic carbocycles. The van der Waals surface area contributed by atoms with Crippen molar-refractivity contribution in [2.75, 3.05) is 10.2 Å². The van der Waals surface area contributed by atoms with Crippen molar-refractivity contribution in [3.63, 3.8) is 0 Å². The fraction of sp³-hybridized carbons (Fsp3) is 0.250. The Kier molecular flexibility index (Phi) is 5.75. The molecule has 1 aliphatic heterocycles. The predicted octanol–water partition coefficient (Wildman–Crippen LogP) is 6.85. The first-order valence-corrected chi connectivity index (χ1v) is 14.5. The number of para-hydroxylation sites is 1. The minimum Gasteiger partial charge on any atom is -0.321 e. The maximum Gasteiger partial charge on any atom is 0.255 e. The molecule has 0 aromatic heterocycles. The minimum absolute atomic E-state index is 0.191. The topological polar surface area (TPSA) is 66.5 Å². The van der Waals surface area contributed by atoms with E-state index in [0.717, 1.165) is 51.9 Å². The van der Waals surface area contributed by atoms with Crippen molar-refractivity contribution in [2.45, 2.75) is 45.4 Å². The number of hydrogen-bond acceptors (Lipinski definition) is 3. The third-order valence-electron chi connectivity index (χ3n) is 9.62. The van der Waals surface area contributed by atoms with Crippen molar-refractivity contribution in [1.29, 1.82) is 0 Å². The Bertz CT molecular complexity index is 1690. The van der Waals surface area contributed by atoms with Crippen LogP contribution in [0.1, 0.15) is 76.3 Å². The van der Waals surface area contributed by atoms with Gasteiger partial charge in [0, 0.05) is 23.1 Å². The number of hydrogen-bond donors (Lipinski definition) is 1. The van der Waals surface area contributed by atoms with E-state index in [2.05, 4.69) is 43.4 Å². The second-order valence-electron chi connectivity index (χ2n) is 11.6. The van der Waals surface area contributed by atoms with Crippen molar-refractivity contribution in [2.24, 2.45) is 11.3 Å². The summed E-state index contributed by atoms with van der Waals surface area (Å²) in [5.74, 6) is -1.57. The number of aryl methyl sites for hydroxylation is 2. The fourth-order valence-corrected chi connectivity index (χ4v) is 7.74. The number of nitrogens with zero attached hydrogens (tertiary/aromatic N) is 1. The van der Waals surface area contributed by atoms with Gasteiger partial charge < -0.3 is 5.32 Å². The van der Waals surface area contributed by atoms with Crippen molar-refractivity contribution in [1.82, 2.24) is 0 Å². The van der Waals surface area contributed by atoms with E-state index in [1.165, 1.54) is 4.90 Å². The molecule has 3 amide bonds. The summed E-state index contributed by atoms with van der Waals surface area (Å²) in [6.45, 7) is 6.10. The van der Waals surface area contributed by atoms with Crippen LogP contribution in [0.25, 0.3) is 0 Å². The molecule has 4 aromatic rings. The molecule has 0 radical (unpaired) electrons. The van der Waals surface area contributed by atoms with Crippen LogP contribution in [0.2, 0.25) is 0 Å². The molecule has 5 nitrogen and oxygen atoms in total. The molecule has 2 atom stereocenters. The summed E-state index contributed by atoms with van der Waals surface area (Å²) in [6, 6.07) is 29.5. The number of rotatable bonds is 5. The Balaban J connectivity index is 1.28. The zero-order valence-electron chi connectivity index (χ0n) is 23.5. The Morgan fingerprint density at radius 3 is 1.93 bits per heavy atom. The third-order valence-corrected chi connectivity index (χ3v) is 9.62. The monoisotopic (exact) mass is 540 g/mol. The molecule has 1 N–H and O–H groups in total. The smallest absolute Gasteiger partial charge is 0.255 e. The summed E-state index contributed by atoms with van der Waals surface area (Å²) in [5.41, 5.74) is 7.45. The van der Waals surface area contributed by atoms with E-state index in [0.29, 0.717) is 11.3 Å². The molecule has 41 heavy (non-hydrogen) atoms. The predicted molar refractivity (Wildman–Crippen MR) is 160 cm³/mol. The molecule has 204 valence electrons. The molecule has 1 heterocycles. The number of imide groups is 1. The summed E-state index contributed by atoms with van der Waals surface area (Å²) >= 11 is 0. The Morgan fingerprint density at radius 1 is 0.780 bits per heavy atom. The highest BCUT2D eigenvalue weighted by Crippen LogP contribution is 2.67. The van der Waals surface area contributed by atoms with Gasteiger partial charge in [-0.3, -0.25) is 14.4 Å². The van der Waals surface area contributed by atoms with E-state index in [1.54, 1.807) is 24.3 Å². The lowest BCUT2D eigenvalue weighted by Gasteiger charge is -2.51. The number of nitrogens with one attached hydrogen (secondary N) is 1. The van der Waals surface area contributed by atoms with Gasteiger partial charge in [0.2, 0.25) is 11.8 Å². The summed E-state index contributed by atoms with van der Waals surface area (Å²) in [6.07, 6.45) is 1.60. The molecular formula is C36H32N2O3. The molecule has 0 saturated carbocycles. The fourth-order valence-electron chi connectivity index (χ4n) is 7.74. The number of carbonyl (C=O) groups excluding carboxylic acids is 3. The molecule has 5 heteroatoms. The van der Waals surface area contributed by atoms with Crippen LogP contribution in [0.15, 0.2) is 91.0 Å². The second kappa shape index (κ2) is 9.27. The molecule has 2 bridgehead atoms. The van der Waals surface area contributed by atoms with Gasteiger partial charge in [-0.15, -0.1) is 0 Å². The Hall–Kier alpha value is -4.51. The average molecular weight is 541 g/mol. The molecule has 8 rings (SSSR count). The molecule has 0 unspecified atom stereocenters. The minimum atomic E-state index is -0.918. The van der Waals surface area contributed by atoms with Gasteiger partial charge >= 0.3 is 0 Å². The molecule has 1 fully saturated rings. The van der Waals surface area contributed by atoms with Gasteiger partial charge in [-0.25, -0.2) is 4.90 Å². The lowest BCUT2D eigenvalue weighted by atomic mass is 9.48. The van der Waals surface area contributed by atoms with Gasteiger partial charge in [0.15, 0.2) is 0 Å². The number of amides is 3. The van der Waals surface area contributed by atoms with E-state index in [9.17, 15) is 14.4 Å². The van der Waals surface area contributed by atoms with Crippen molar-refractivity contribution in [3.8, 4) is 0 Å². The maximum atomic E-state index is 14.4. The van der Waals surface area contributed by atoms with Crippen molar-refractivity contribution in [3.05, 3.63) is 130 Å². The van der Waals surface area contributed by atoms with Crippen LogP contribution in [0.5, 0.6) is 0 Å². The molecule has 0 spiro atoms. The normalized spacial score (nSPS) is 23.7. The van der Waals surface area contributed by atoms with Crippen LogP contribution >= 0.6 is 0 Å². The lowest BCUT2D eigenvalue weighted by molar-refractivity contribution is -0.128. The van der Waals surface area contributed by atoms with E-state index in [1.807, 2.05) is 49.4 Å². The number of carbonyl (C=O) groups is 3. The Morgan fingerprint density at radius 2 is 1.34 bits per heavy atom. The zero-order chi connectivity index (χ0) is 28.5. The highest BCUT2D eigenvalue weighted by atomic mass is 16.2. The quantitative estimate of drug-likeness (QED) is 0.282. The van der Waals surface area contributed by atoms with Crippen molar-refractivity contribution >= 4 is 29.1 Å². The highest BCUT2D eigenvalue weighted by molar-refractivity contribution is 6.25. The largest absolute Gasteiger partial charge is 0.321 e. The maximum absolute atomic E-state index is 14.4. The summed E-state index contributed by atoms with van der Waals surface area (Å²) in [5, 5.41) is 3.12. The van der Waals surface area contributed by atoms with E-state index < -0.39 is 11.3 Å². The van der Waals surface area contributed by atoms with Gasteiger partial charge in [-0.05, 0) is 71.3 Å².